The third-order valence-electron chi connectivity index (χ3n) is 4.38. The van der Waals surface area contributed by atoms with Crippen LogP contribution in [-0.4, -0.2) is 32.9 Å². The normalized spacial score (nSPS) is 18.7. The van der Waals surface area contributed by atoms with Gasteiger partial charge in [0, 0.05) is 25.8 Å². The summed E-state index contributed by atoms with van der Waals surface area (Å²) in [4.78, 5) is 0.336. The van der Waals surface area contributed by atoms with E-state index in [1.54, 1.807) is 26.2 Å². The van der Waals surface area contributed by atoms with Gasteiger partial charge in [-0.25, -0.2) is 12.7 Å². The van der Waals surface area contributed by atoms with Crippen LogP contribution in [0.1, 0.15) is 39.0 Å². The summed E-state index contributed by atoms with van der Waals surface area (Å²) in [5, 5.41) is 3.51. The van der Waals surface area contributed by atoms with Gasteiger partial charge in [-0.1, -0.05) is 19.3 Å². The molecule has 0 amide bonds. The summed E-state index contributed by atoms with van der Waals surface area (Å²) in [6, 6.07) is 7.49. The molecule has 0 aromatic heterocycles. The summed E-state index contributed by atoms with van der Waals surface area (Å²) in [7, 11) is -0.241. The second-order valence-corrected chi connectivity index (χ2v) is 8.29. The van der Waals surface area contributed by atoms with E-state index < -0.39 is 10.0 Å². The van der Waals surface area contributed by atoms with Gasteiger partial charge in [0.25, 0.3) is 0 Å². The highest BCUT2D eigenvalue weighted by molar-refractivity contribution is 7.89. The van der Waals surface area contributed by atoms with Crippen LogP contribution in [0.15, 0.2) is 29.2 Å². The van der Waals surface area contributed by atoms with Crippen LogP contribution in [0, 0.1) is 5.92 Å². The fraction of sp³-hybridized carbons (Fsp3) is 0.625. The molecule has 1 aromatic carbocycles. The van der Waals surface area contributed by atoms with E-state index >= 15 is 0 Å². The number of anilines is 1. The number of hydrogen-bond donors (Lipinski definition) is 1. The van der Waals surface area contributed by atoms with Crippen LogP contribution in [0.5, 0.6) is 0 Å². The molecule has 1 saturated carbocycles. The maximum Gasteiger partial charge on any atom is 0.242 e. The summed E-state index contributed by atoms with van der Waals surface area (Å²) in [6.45, 7) is 2.22. The van der Waals surface area contributed by atoms with Gasteiger partial charge in [0.05, 0.1) is 4.90 Å². The molecule has 1 atom stereocenters. The summed E-state index contributed by atoms with van der Waals surface area (Å²) in [5.74, 6) is 0.726. The Hall–Kier alpha value is -1.07. The van der Waals surface area contributed by atoms with Crippen LogP contribution < -0.4 is 5.32 Å². The first kappa shape index (κ1) is 16.3. The molecule has 0 radical (unpaired) electrons. The number of nitrogens with one attached hydrogen (secondary N) is 1. The molecule has 0 saturated heterocycles. The van der Waals surface area contributed by atoms with Gasteiger partial charge in [-0.05, 0) is 49.9 Å². The molecule has 5 heteroatoms. The lowest BCUT2D eigenvalue weighted by Gasteiger charge is -2.29. The van der Waals surface area contributed by atoms with Crippen molar-refractivity contribution >= 4 is 15.7 Å². The van der Waals surface area contributed by atoms with Crippen molar-refractivity contribution in [2.24, 2.45) is 5.92 Å². The van der Waals surface area contributed by atoms with E-state index in [4.69, 9.17) is 0 Å². The Kier molecular flexibility index (Phi) is 5.27. The predicted octanol–water partition coefficient (Wildman–Crippen LogP) is 3.32. The minimum Gasteiger partial charge on any atom is -0.382 e. The summed E-state index contributed by atoms with van der Waals surface area (Å²) in [5.41, 5.74) is 0.991. The SMILES string of the molecule is CC(Nc1ccc(S(=O)(=O)N(C)C)cc1)C1CCCCC1. The van der Waals surface area contributed by atoms with Crippen molar-refractivity contribution in [1.82, 2.24) is 4.31 Å². The molecule has 1 fully saturated rings. The first-order chi connectivity index (χ1) is 9.91. The molecule has 1 aromatic rings. The first-order valence-corrected chi connectivity index (χ1v) is 9.14. The number of hydrogen-bond acceptors (Lipinski definition) is 3. The Morgan fingerprint density at radius 3 is 2.19 bits per heavy atom. The number of benzene rings is 1. The fourth-order valence-electron chi connectivity index (χ4n) is 2.95. The molecule has 1 aliphatic carbocycles. The van der Waals surface area contributed by atoms with E-state index in [0.717, 1.165) is 11.6 Å². The Morgan fingerprint density at radius 2 is 1.67 bits per heavy atom. The van der Waals surface area contributed by atoms with E-state index in [0.29, 0.717) is 10.9 Å². The van der Waals surface area contributed by atoms with E-state index in [1.165, 1.54) is 36.4 Å². The van der Waals surface area contributed by atoms with Gasteiger partial charge in [0.1, 0.15) is 0 Å². The van der Waals surface area contributed by atoms with Crippen molar-refractivity contribution in [3.8, 4) is 0 Å². The molecular formula is C16H26N2O2S. The number of nitrogens with zero attached hydrogens (tertiary/aromatic N) is 1. The quantitative estimate of drug-likeness (QED) is 0.907. The number of rotatable bonds is 5. The van der Waals surface area contributed by atoms with Gasteiger partial charge in [-0.2, -0.15) is 0 Å². The van der Waals surface area contributed by atoms with Gasteiger partial charge in [0.2, 0.25) is 10.0 Å². The molecule has 118 valence electrons. The largest absolute Gasteiger partial charge is 0.382 e. The summed E-state index contributed by atoms with van der Waals surface area (Å²) < 4.78 is 25.3. The molecule has 2 rings (SSSR count). The van der Waals surface area contributed by atoms with Crippen molar-refractivity contribution in [3.05, 3.63) is 24.3 Å². The average molecular weight is 310 g/mol. The minimum atomic E-state index is -3.34. The zero-order valence-electron chi connectivity index (χ0n) is 13.2. The first-order valence-electron chi connectivity index (χ1n) is 7.70. The molecule has 0 aliphatic heterocycles. The van der Waals surface area contributed by atoms with Gasteiger partial charge >= 0.3 is 0 Å². The lowest BCUT2D eigenvalue weighted by molar-refractivity contribution is 0.328. The maximum atomic E-state index is 12.0. The van der Waals surface area contributed by atoms with Crippen LogP contribution >= 0.6 is 0 Å². The standard InChI is InChI=1S/C16H26N2O2S/c1-13(14-7-5-4-6-8-14)17-15-9-11-16(12-10-15)21(19,20)18(2)3/h9-14,17H,4-8H2,1-3H3. The lowest BCUT2D eigenvalue weighted by Crippen LogP contribution is -2.27. The van der Waals surface area contributed by atoms with E-state index in [1.807, 2.05) is 12.1 Å². The highest BCUT2D eigenvalue weighted by Crippen LogP contribution is 2.28. The second-order valence-electron chi connectivity index (χ2n) is 6.14. The van der Waals surface area contributed by atoms with Crippen LogP contribution in [0.3, 0.4) is 0 Å². The monoisotopic (exact) mass is 310 g/mol. The van der Waals surface area contributed by atoms with Crippen molar-refractivity contribution in [1.29, 1.82) is 0 Å². The van der Waals surface area contributed by atoms with E-state index in [-0.39, 0.29) is 0 Å². The van der Waals surface area contributed by atoms with E-state index in [9.17, 15) is 8.42 Å². The third-order valence-corrected chi connectivity index (χ3v) is 6.21. The second kappa shape index (κ2) is 6.79. The summed E-state index contributed by atoms with van der Waals surface area (Å²) in [6.07, 6.45) is 6.61. The highest BCUT2D eigenvalue weighted by atomic mass is 32.2. The van der Waals surface area contributed by atoms with Crippen molar-refractivity contribution in [3.63, 3.8) is 0 Å². The molecule has 4 nitrogen and oxygen atoms in total. The lowest BCUT2D eigenvalue weighted by atomic mass is 9.84. The van der Waals surface area contributed by atoms with Crippen LogP contribution in [-0.2, 0) is 10.0 Å². The Bertz CT molecular complexity index is 546. The molecule has 1 N–H and O–H groups in total. The third kappa shape index (κ3) is 3.98. The molecule has 0 spiro atoms. The summed E-state index contributed by atoms with van der Waals surface area (Å²) >= 11 is 0. The molecule has 0 heterocycles. The predicted molar refractivity (Wildman–Crippen MR) is 87.0 cm³/mol. The Labute approximate surface area is 128 Å². The molecule has 1 aliphatic rings. The van der Waals surface area contributed by atoms with Crippen molar-refractivity contribution in [2.75, 3.05) is 19.4 Å². The van der Waals surface area contributed by atoms with E-state index in [2.05, 4.69) is 12.2 Å². The average Bonchev–Trinajstić information content (AvgIpc) is 2.48. The zero-order valence-corrected chi connectivity index (χ0v) is 14.0. The van der Waals surface area contributed by atoms with Crippen molar-refractivity contribution < 1.29 is 8.42 Å². The maximum absolute atomic E-state index is 12.0. The highest BCUT2D eigenvalue weighted by Gasteiger charge is 2.20. The Balaban J connectivity index is 2.02. The number of sulfonamides is 1. The van der Waals surface area contributed by atoms with Gasteiger partial charge in [-0.3, -0.25) is 0 Å². The molecule has 1 unspecified atom stereocenters. The molecular weight excluding hydrogens is 284 g/mol. The Morgan fingerprint density at radius 1 is 1.10 bits per heavy atom. The fourth-order valence-corrected chi connectivity index (χ4v) is 3.85. The van der Waals surface area contributed by atoms with Gasteiger partial charge in [-0.15, -0.1) is 0 Å². The zero-order chi connectivity index (χ0) is 15.5. The van der Waals surface area contributed by atoms with Crippen LogP contribution in [0.2, 0.25) is 0 Å². The molecule has 21 heavy (non-hydrogen) atoms. The van der Waals surface area contributed by atoms with Gasteiger partial charge in [0.15, 0.2) is 0 Å². The van der Waals surface area contributed by atoms with Gasteiger partial charge < -0.3 is 5.32 Å². The smallest absolute Gasteiger partial charge is 0.242 e. The minimum absolute atomic E-state index is 0.336. The molecule has 0 bridgehead atoms. The van der Waals surface area contributed by atoms with Crippen molar-refractivity contribution in [2.45, 2.75) is 50.0 Å². The van der Waals surface area contributed by atoms with Crippen LogP contribution in [0.25, 0.3) is 0 Å². The topological polar surface area (TPSA) is 49.4 Å². The van der Waals surface area contributed by atoms with Crippen LogP contribution in [0.4, 0.5) is 5.69 Å².